The van der Waals surface area contributed by atoms with E-state index in [9.17, 15) is 9.59 Å². The summed E-state index contributed by atoms with van der Waals surface area (Å²) in [6.45, 7) is 0. The summed E-state index contributed by atoms with van der Waals surface area (Å²) in [6.07, 6.45) is 4.86. The quantitative estimate of drug-likeness (QED) is 0.691. The zero-order valence-corrected chi connectivity index (χ0v) is 12.7. The average Bonchev–Trinajstić information content (AvgIpc) is 2.72. The Bertz CT molecular complexity index is 692. The molecule has 0 unspecified atom stereocenters. The predicted molar refractivity (Wildman–Crippen MR) is 80.1 cm³/mol. The molecule has 0 aliphatic carbocycles. The van der Waals surface area contributed by atoms with Gasteiger partial charge in [-0.05, 0) is 50.1 Å². The van der Waals surface area contributed by atoms with Crippen LogP contribution >= 0.6 is 31.9 Å². The van der Waals surface area contributed by atoms with E-state index in [1.807, 2.05) is 12.1 Å². The van der Waals surface area contributed by atoms with Gasteiger partial charge in [-0.15, -0.1) is 0 Å². The second kappa shape index (κ2) is 5.58. The van der Waals surface area contributed by atoms with Crippen LogP contribution in [0.5, 0.6) is 0 Å². The average molecular weight is 387 g/mol. The molecule has 0 spiro atoms. The zero-order valence-electron chi connectivity index (χ0n) is 9.54. The van der Waals surface area contributed by atoms with E-state index in [0.717, 1.165) is 25.4 Å². The third kappa shape index (κ3) is 3.05. The number of nitrogens with two attached hydrogens (primary N) is 1. The summed E-state index contributed by atoms with van der Waals surface area (Å²) in [6, 6.07) is 3.89. The lowest BCUT2D eigenvalue weighted by atomic mass is 10.2. The lowest BCUT2D eigenvalue weighted by Gasteiger charge is -1.98. The molecule has 0 aliphatic rings. The van der Waals surface area contributed by atoms with Crippen LogP contribution in [-0.2, 0) is 9.59 Å². The van der Waals surface area contributed by atoms with Gasteiger partial charge in [0, 0.05) is 37.8 Å². The van der Waals surface area contributed by atoms with Crippen LogP contribution in [0.25, 0.3) is 17.0 Å². The molecule has 4 N–H and O–H groups in total. The van der Waals surface area contributed by atoms with Gasteiger partial charge in [-0.3, -0.25) is 9.59 Å². The van der Waals surface area contributed by atoms with Gasteiger partial charge < -0.3 is 16.0 Å². The first-order valence-corrected chi connectivity index (χ1v) is 6.80. The molecule has 0 radical (unpaired) electrons. The van der Waals surface area contributed by atoms with Crippen molar-refractivity contribution in [3.8, 4) is 0 Å². The maximum atomic E-state index is 11.0. The van der Waals surface area contributed by atoms with Gasteiger partial charge in [0.15, 0.2) is 0 Å². The minimum absolute atomic E-state index is 0.847. The second-order valence-electron chi connectivity index (χ2n) is 3.73. The monoisotopic (exact) mass is 385 g/mol. The zero-order chi connectivity index (χ0) is 14.0. The molecular formula is C12H9Br2N3O2. The van der Waals surface area contributed by atoms with Crippen LogP contribution in [0, 0.1) is 0 Å². The number of carbonyl (C=O) groups is 2. The Hall–Kier alpha value is -1.60. The number of aromatic amines is 1. The Morgan fingerprint density at radius 2 is 1.95 bits per heavy atom. The van der Waals surface area contributed by atoms with E-state index in [1.165, 1.54) is 6.20 Å². The first kappa shape index (κ1) is 13.8. The summed E-state index contributed by atoms with van der Waals surface area (Å²) < 4.78 is 1.87. The van der Waals surface area contributed by atoms with Crippen LogP contribution in [0.3, 0.4) is 0 Å². The lowest BCUT2D eigenvalue weighted by Crippen LogP contribution is -2.32. The number of primary amides is 1. The molecule has 2 amide bonds. The molecule has 2 aromatic rings. The number of carbonyl (C=O) groups excluding carboxylic acids is 2. The summed E-state index contributed by atoms with van der Waals surface area (Å²) in [7, 11) is 0. The fourth-order valence-corrected chi connectivity index (χ4v) is 2.24. The number of rotatable bonds is 2. The number of aromatic nitrogens is 1. The standard InChI is InChI=1S/C12H9Br2N3O2/c13-8-3-7-6(1-2-16-12(19)11(15)18)5-17-10(7)4-9(8)14/h1-5,17H,(H2,15,18)(H,16,19)/b2-1-. The smallest absolute Gasteiger partial charge is 0.312 e. The van der Waals surface area contributed by atoms with Gasteiger partial charge in [0.2, 0.25) is 0 Å². The number of hydrogen-bond donors (Lipinski definition) is 3. The van der Waals surface area contributed by atoms with E-state index in [0.29, 0.717) is 0 Å². The molecule has 0 saturated heterocycles. The lowest BCUT2D eigenvalue weighted by molar-refractivity contribution is -0.136. The maximum absolute atomic E-state index is 11.0. The highest BCUT2D eigenvalue weighted by Gasteiger charge is 2.06. The Kier molecular flexibility index (Phi) is 4.06. The summed E-state index contributed by atoms with van der Waals surface area (Å²) in [4.78, 5) is 24.6. The summed E-state index contributed by atoms with van der Waals surface area (Å²) in [5.74, 6) is -1.87. The van der Waals surface area contributed by atoms with Crippen molar-refractivity contribution >= 4 is 60.7 Å². The predicted octanol–water partition coefficient (Wildman–Crippen LogP) is 2.27. The van der Waals surface area contributed by atoms with Crippen molar-refractivity contribution in [2.24, 2.45) is 5.73 Å². The van der Waals surface area contributed by atoms with Crippen molar-refractivity contribution < 1.29 is 9.59 Å². The first-order valence-electron chi connectivity index (χ1n) is 5.22. The van der Waals surface area contributed by atoms with Crippen LogP contribution in [0.4, 0.5) is 0 Å². The number of hydrogen-bond acceptors (Lipinski definition) is 2. The van der Waals surface area contributed by atoms with Crippen molar-refractivity contribution in [3.05, 3.63) is 39.0 Å². The van der Waals surface area contributed by atoms with Crippen molar-refractivity contribution in [1.82, 2.24) is 10.3 Å². The van der Waals surface area contributed by atoms with Crippen molar-refractivity contribution in [2.45, 2.75) is 0 Å². The van der Waals surface area contributed by atoms with Gasteiger partial charge >= 0.3 is 11.8 Å². The van der Waals surface area contributed by atoms with Crippen molar-refractivity contribution in [3.63, 3.8) is 0 Å². The SMILES string of the molecule is NC(=O)C(=O)N/C=C\c1c[nH]c2cc(Br)c(Br)cc12. The molecule has 5 nitrogen and oxygen atoms in total. The number of H-pyrrole nitrogens is 1. The molecule has 98 valence electrons. The Morgan fingerprint density at radius 3 is 2.63 bits per heavy atom. The first-order chi connectivity index (χ1) is 8.99. The fourth-order valence-electron chi connectivity index (χ4n) is 1.55. The van der Waals surface area contributed by atoms with Gasteiger partial charge in [0.1, 0.15) is 0 Å². The highest BCUT2D eigenvalue weighted by atomic mass is 79.9. The molecule has 1 heterocycles. The van der Waals surface area contributed by atoms with E-state index in [2.05, 4.69) is 42.2 Å². The number of fused-ring (bicyclic) bond motifs is 1. The largest absolute Gasteiger partial charge is 0.361 e. The molecule has 0 atom stereocenters. The summed E-state index contributed by atoms with van der Waals surface area (Å²) in [5.41, 5.74) is 6.66. The molecule has 1 aromatic carbocycles. The second-order valence-corrected chi connectivity index (χ2v) is 5.44. The van der Waals surface area contributed by atoms with Gasteiger partial charge in [0.25, 0.3) is 0 Å². The molecule has 0 fully saturated rings. The molecule has 19 heavy (non-hydrogen) atoms. The van der Waals surface area contributed by atoms with Crippen LogP contribution in [0.15, 0.2) is 33.5 Å². The van der Waals surface area contributed by atoms with E-state index in [1.54, 1.807) is 12.3 Å². The van der Waals surface area contributed by atoms with Gasteiger partial charge in [-0.25, -0.2) is 0 Å². The summed E-state index contributed by atoms with van der Waals surface area (Å²) >= 11 is 6.85. The molecule has 7 heteroatoms. The van der Waals surface area contributed by atoms with Gasteiger partial charge in [0.05, 0.1) is 0 Å². The Balaban J connectivity index is 2.26. The van der Waals surface area contributed by atoms with Crippen LogP contribution < -0.4 is 11.1 Å². The third-order valence-electron chi connectivity index (χ3n) is 2.46. The van der Waals surface area contributed by atoms with E-state index in [-0.39, 0.29) is 0 Å². The highest BCUT2D eigenvalue weighted by molar-refractivity contribution is 9.13. The minimum atomic E-state index is -1.02. The maximum Gasteiger partial charge on any atom is 0.312 e. The minimum Gasteiger partial charge on any atom is -0.361 e. The molecule has 0 aliphatic heterocycles. The number of benzene rings is 1. The molecule has 2 rings (SSSR count). The Morgan fingerprint density at radius 1 is 1.26 bits per heavy atom. The molecular weight excluding hydrogens is 378 g/mol. The molecule has 1 aromatic heterocycles. The number of halogens is 2. The van der Waals surface area contributed by atoms with Crippen LogP contribution in [-0.4, -0.2) is 16.8 Å². The van der Waals surface area contributed by atoms with Crippen molar-refractivity contribution in [2.75, 3.05) is 0 Å². The Labute approximate surface area is 125 Å². The van der Waals surface area contributed by atoms with Crippen LogP contribution in [0.2, 0.25) is 0 Å². The number of nitrogens with one attached hydrogen (secondary N) is 2. The number of amides is 2. The van der Waals surface area contributed by atoms with E-state index >= 15 is 0 Å². The summed E-state index contributed by atoms with van der Waals surface area (Å²) in [5, 5.41) is 3.27. The van der Waals surface area contributed by atoms with Crippen LogP contribution in [0.1, 0.15) is 5.56 Å². The third-order valence-corrected chi connectivity index (χ3v) is 4.30. The fraction of sp³-hybridized carbons (Fsp3) is 0. The highest BCUT2D eigenvalue weighted by Crippen LogP contribution is 2.30. The van der Waals surface area contributed by atoms with E-state index in [4.69, 9.17) is 5.73 Å². The van der Waals surface area contributed by atoms with Gasteiger partial charge in [-0.1, -0.05) is 0 Å². The topological polar surface area (TPSA) is 88.0 Å². The molecule has 0 saturated carbocycles. The van der Waals surface area contributed by atoms with E-state index < -0.39 is 11.8 Å². The van der Waals surface area contributed by atoms with Gasteiger partial charge in [-0.2, -0.15) is 0 Å². The van der Waals surface area contributed by atoms with Crippen molar-refractivity contribution in [1.29, 1.82) is 0 Å². The normalized spacial score (nSPS) is 11.1. The molecule has 0 bridgehead atoms.